The fourth-order valence-electron chi connectivity index (χ4n) is 2.61. The monoisotopic (exact) mass is 264 g/mol. The number of amides is 1. The minimum atomic E-state index is 0.0627. The number of aromatic amines is 1. The van der Waals surface area contributed by atoms with Gasteiger partial charge in [0.05, 0.1) is 0 Å². The highest BCUT2D eigenvalue weighted by atomic mass is 16.1. The van der Waals surface area contributed by atoms with Crippen molar-refractivity contribution in [3.8, 4) is 0 Å². The Labute approximate surface area is 114 Å². The molecule has 0 bridgehead atoms. The molecule has 1 aliphatic heterocycles. The second kappa shape index (κ2) is 6.19. The Kier molecular flexibility index (Phi) is 4.58. The number of aromatic nitrogens is 2. The molecule has 0 radical (unpaired) electrons. The van der Waals surface area contributed by atoms with Crippen molar-refractivity contribution in [1.29, 1.82) is 0 Å². The molecule has 0 aliphatic carbocycles. The van der Waals surface area contributed by atoms with Gasteiger partial charge in [0.2, 0.25) is 5.91 Å². The number of carbonyl (C=O) groups excluding carboxylic acids is 1. The number of piperidine rings is 1. The normalized spacial score (nSPS) is 21.1. The molecule has 2 rings (SSSR count). The Morgan fingerprint density at radius 2 is 2.32 bits per heavy atom. The highest BCUT2D eigenvalue weighted by Gasteiger charge is 2.22. The Morgan fingerprint density at radius 1 is 1.53 bits per heavy atom. The number of nitrogens with one attached hydrogen (secondary N) is 3. The van der Waals surface area contributed by atoms with Crippen LogP contribution in [-0.4, -0.2) is 29.2 Å². The van der Waals surface area contributed by atoms with E-state index in [9.17, 15) is 4.79 Å². The van der Waals surface area contributed by atoms with Gasteiger partial charge in [0.15, 0.2) is 5.82 Å². The number of nitrogens with zero attached hydrogens (tertiary/aromatic N) is 1. The first-order chi connectivity index (χ1) is 9.08. The maximum atomic E-state index is 12.0. The number of anilines is 1. The van der Waals surface area contributed by atoms with Crippen LogP contribution in [0.2, 0.25) is 0 Å². The van der Waals surface area contributed by atoms with Crippen molar-refractivity contribution in [2.45, 2.75) is 40.0 Å². The predicted octanol–water partition coefficient (Wildman–Crippen LogP) is 1.99. The quantitative estimate of drug-likeness (QED) is 0.779. The number of hydrogen-bond donors (Lipinski definition) is 3. The zero-order valence-corrected chi connectivity index (χ0v) is 12.0. The van der Waals surface area contributed by atoms with Crippen LogP contribution in [0.4, 0.5) is 5.82 Å². The molecule has 19 heavy (non-hydrogen) atoms. The lowest BCUT2D eigenvalue weighted by atomic mass is 9.85. The van der Waals surface area contributed by atoms with Gasteiger partial charge in [0, 0.05) is 17.7 Å². The number of aryl methyl sites for hydroxylation is 1. The largest absolute Gasteiger partial charge is 0.316 e. The number of carbonyl (C=O) groups is 1. The van der Waals surface area contributed by atoms with E-state index in [0.717, 1.165) is 24.3 Å². The Hall–Kier alpha value is -1.36. The highest BCUT2D eigenvalue weighted by molar-refractivity contribution is 5.90. The maximum absolute atomic E-state index is 12.0. The minimum absolute atomic E-state index is 0.0627. The van der Waals surface area contributed by atoms with Gasteiger partial charge in [-0.1, -0.05) is 6.92 Å². The Morgan fingerprint density at radius 3 is 2.89 bits per heavy atom. The van der Waals surface area contributed by atoms with E-state index in [4.69, 9.17) is 0 Å². The van der Waals surface area contributed by atoms with E-state index in [1.54, 1.807) is 0 Å². The van der Waals surface area contributed by atoms with E-state index in [-0.39, 0.29) is 5.91 Å². The first-order valence-corrected chi connectivity index (χ1v) is 7.10. The fraction of sp³-hybridized carbons (Fsp3) is 0.714. The van der Waals surface area contributed by atoms with Gasteiger partial charge in [-0.3, -0.25) is 9.89 Å². The van der Waals surface area contributed by atoms with Crippen LogP contribution >= 0.6 is 0 Å². The Bertz CT molecular complexity index is 435. The van der Waals surface area contributed by atoms with Crippen molar-refractivity contribution in [2.75, 3.05) is 18.4 Å². The van der Waals surface area contributed by atoms with Gasteiger partial charge in [-0.15, -0.1) is 0 Å². The van der Waals surface area contributed by atoms with Crippen LogP contribution in [0.25, 0.3) is 0 Å². The van der Waals surface area contributed by atoms with E-state index in [2.05, 4.69) is 27.8 Å². The molecular formula is C14H24N4O. The summed E-state index contributed by atoms with van der Waals surface area (Å²) in [6.45, 7) is 8.23. The third-order valence-electron chi connectivity index (χ3n) is 4.16. The fourth-order valence-corrected chi connectivity index (χ4v) is 2.61. The lowest BCUT2D eigenvalue weighted by Crippen LogP contribution is -2.34. The summed E-state index contributed by atoms with van der Waals surface area (Å²) in [7, 11) is 0. The standard InChI is InChI=1S/C14H24N4O/c1-9(12-5-4-6-15-8-12)7-13(19)16-14-10(2)11(3)17-18-14/h9,12,15H,4-8H2,1-3H3,(H2,16,17,18,19). The SMILES string of the molecule is Cc1[nH]nc(NC(=O)CC(C)C2CCCNC2)c1C. The molecule has 5 nitrogen and oxygen atoms in total. The summed E-state index contributed by atoms with van der Waals surface area (Å²) in [4.78, 5) is 12.0. The van der Waals surface area contributed by atoms with Crippen LogP contribution < -0.4 is 10.6 Å². The van der Waals surface area contributed by atoms with Crippen molar-refractivity contribution in [3.63, 3.8) is 0 Å². The first kappa shape index (κ1) is 14.1. The third kappa shape index (κ3) is 3.56. The zero-order valence-electron chi connectivity index (χ0n) is 12.0. The maximum Gasteiger partial charge on any atom is 0.225 e. The molecule has 1 aromatic heterocycles. The summed E-state index contributed by atoms with van der Waals surface area (Å²) in [6.07, 6.45) is 3.01. The van der Waals surface area contributed by atoms with Crippen LogP contribution in [0.15, 0.2) is 0 Å². The molecule has 1 saturated heterocycles. The van der Waals surface area contributed by atoms with Gasteiger partial charge in [0.1, 0.15) is 0 Å². The molecule has 2 heterocycles. The van der Waals surface area contributed by atoms with Crippen molar-refractivity contribution in [3.05, 3.63) is 11.3 Å². The van der Waals surface area contributed by atoms with Crippen molar-refractivity contribution in [1.82, 2.24) is 15.5 Å². The van der Waals surface area contributed by atoms with E-state index in [0.29, 0.717) is 24.1 Å². The molecule has 1 amide bonds. The van der Waals surface area contributed by atoms with Crippen LogP contribution in [0.1, 0.15) is 37.4 Å². The number of hydrogen-bond acceptors (Lipinski definition) is 3. The average Bonchev–Trinajstić information content (AvgIpc) is 2.71. The summed E-state index contributed by atoms with van der Waals surface area (Å²) in [5.41, 5.74) is 2.01. The highest BCUT2D eigenvalue weighted by Crippen LogP contribution is 2.23. The smallest absolute Gasteiger partial charge is 0.225 e. The van der Waals surface area contributed by atoms with Crippen molar-refractivity contribution in [2.24, 2.45) is 11.8 Å². The van der Waals surface area contributed by atoms with Crippen LogP contribution in [0.5, 0.6) is 0 Å². The van der Waals surface area contributed by atoms with Crippen molar-refractivity contribution >= 4 is 11.7 Å². The molecule has 0 spiro atoms. The average molecular weight is 264 g/mol. The molecule has 2 unspecified atom stereocenters. The molecule has 1 aliphatic rings. The summed E-state index contributed by atoms with van der Waals surface area (Å²) in [6, 6.07) is 0. The molecule has 0 saturated carbocycles. The van der Waals surface area contributed by atoms with E-state index in [1.807, 2.05) is 13.8 Å². The van der Waals surface area contributed by atoms with Gasteiger partial charge in [-0.25, -0.2) is 0 Å². The first-order valence-electron chi connectivity index (χ1n) is 7.10. The van der Waals surface area contributed by atoms with Gasteiger partial charge in [0.25, 0.3) is 0 Å². The lowest BCUT2D eigenvalue weighted by molar-refractivity contribution is -0.117. The summed E-state index contributed by atoms with van der Waals surface area (Å²) >= 11 is 0. The number of rotatable bonds is 4. The zero-order chi connectivity index (χ0) is 13.8. The minimum Gasteiger partial charge on any atom is -0.316 e. The van der Waals surface area contributed by atoms with Crippen LogP contribution in [0, 0.1) is 25.7 Å². The topological polar surface area (TPSA) is 69.8 Å². The molecular weight excluding hydrogens is 240 g/mol. The molecule has 3 N–H and O–H groups in total. The summed E-state index contributed by atoms with van der Waals surface area (Å²) in [5.74, 6) is 1.75. The van der Waals surface area contributed by atoms with Crippen LogP contribution in [0.3, 0.4) is 0 Å². The second-order valence-electron chi connectivity index (χ2n) is 5.66. The molecule has 2 atom stereocenters. The van der Waals surface area contributed by atoms with Gasteiger partial charge < -0.3 is 10.6 Å². The Balaban J connectivity index is 1.85. The second-order valence-corrected chi connectivity index (χ2v) is 5.66. The predicted molar refractivity (Wildman–Crippen MR) is 76.1 cm³/mol. The number of H-pyrrole nitrogens is 1. The van der Waals surface area contributed by atoms with Gasteiger partial charge >= 0.3 is 0 Å². The molecule has 106 valence electrons. The third-order valence-corrected chi connectivity index (χ3v) is 4.16. The van der Waals surface area contributed by atoms with Crippen molar-refractivity contribution < 1.29 is 4.79 Å². The van der Waals surface area contributed by atoms with Gasteiger partial charge in [-0.2, -0.15) is 5.10 Å². The van der Waals surface area contributed by atoms with E-state index in [1.165, 1.54) is 12.8 Å². The molecule has 5 heteroatoms. The molecule has 0 aromatic carbocycles. The lowest BCUT2D eigenvalue weighted by Gasteiger charge is -2.27. The van der Waals surface area contributed by atoms with Crippen LogP contribution in [-0.2, 0) is 4.79 Å². The van der Waals surface area contributed by atoms with E-state index < -0.39 is 0 Å². The van der Waals surface area contributed by atoms with Gasteiger partial charge in [-0.05, 0) is 51.6 Å². The molecule has 1 fully saturated rings. The summed E-state index contributed by atoms with van der Waals surface area (Å²) in [5, 5.41) is 13.3. The van der Waals surface area contributed by atoms with E-state index >= 15 is 0 Å². The summed E-state index contributed by atoms with van der Waals surface area (Å²) < 4.78 is 0. The molecule has 1 aromatic rings.